The number of hydrogen-bond donors (Lipinski definition) is 1. The van der Waals surface area contributed by atoms with Gasteiger partial charge < -0.3 is 24.4 Å². The molecule has 2 aliphatic heterocycles. The zero-order valence-corrected chi connectivity index (χ0v) is 21.8. The van der Waals surface area contributed by atoms with Crippen LogP contribution in [-0.2, 0) is 4.79 Å². The molecule has 10 heteroatoms. The summed E-state index contributed by atoms with van der Waals surface area (Å²) in [7, 11) is 1.65. The van der Waals surface area contributed by atoms with Crippen molar-refractivity contribution in [2.75, 3.05) is 38.7 Å². The van der Waals surface area contributed by atoms with Crippen molar-refractivity contribution in [3.05, 3.63) is 48.7 Å². The van der Waals surface area contributed by atoms with Gasteiger partial charge in [-0.05, 0) is 62.1 Å². The minimum Gasteiger partial charge on any atom is -0.497 e. The molecule has 1 saturated heterocycles. The molecule has 0 spiro atoms. The predicted octanol–water partition coefficient (Wildman–Crippen LogP) is 4.08. The number of hydrogen-bond acceptors (Lipinski definition) is 8. The van der Waals surface area contributed by atoms with E-state index < -0.39 is 0 Å². The Morgan fingerprint density at radius 2 is 1.90 bits per heavy atom. The van der Waals surface area contributed by atoms with Gasteiger partial charge in [-0.25, -0.2) is 9.97 Å². The van der Waals surface area contributed by atoms with Gasteiger partial charge in [0.15, 0.2) is 11.5 Å². The van der Waals surface area contributed by atoms with Crippen molar-refractivity contribution in [3.63, 3.8) is 0 Å². The van der Waals surface area contributed by atoms with Crippen LogP contribution >= 0.6 is 0 Å². The molecule has 39 heavy (non-hydrogen) atoms. The quantitative estimate of drug-likeness (QED) is 0.401. The average molecular weight is 527 g/mol. The van der Waals surface area contributed by atoms with E-state index in [9.17, 15) is 4.79 Å². The number of benzene rings is 2. The van der Waals surface area contributed by atoms with Crippen molar-refractivity contribution in [3.8, 4) is 34.5 Å². The molecule has 1 N–H and O–H groups in total. The highest BCUT2D eigenvalue weighted by atomic mass is 16.6. The van der Waals surface area contributed by atoms with Gasteiger partial charge in [-0.3, -0.25) is 9.36 Å². The summed E-state index contributed by atoms with van der Waals surface area (Å²) < 4.78 is 19.1. The molecule has 2 aromatic carbocycles. The first-order valence-electron chi connectivity index (χ1n) is 13.5. The predicted molar refractivity (Wildman–Crippen MR) is 146 cm³/mol. The molecular weight excluding hydrogens is 496 g/mol. The minimum atomic E-state index is 0.105. The smallest absolute Gasteiger partial charge is 0.225 e. The number of nitrogens with one attached hydrogen (secondary N) is 1. The number of piperidine rings is 1. The number of carbonyl (C=O) groups is 1. The van der Waals surface area contributed by atoms with E-state index in [1.54, 1.807) is 13.3 Å². The Kier molecular flexibility index (Phi) is 5.94. The Bertz CT molecular complexity index is 1550. The van der Waals surface area contributed by atoms with E-state index in [-0.39, 0.29) is 12.0 Å². The van der Waals surface area contributed by atoms with Gasteiger partial charge in [0.05, 0.1) is 18.1 Å². The van der Waals surface area contributed by atoms with Gasteiger partial charge in [0.2, 0.25) is 11.9 Å². The number of imidazole rings is 1. The number of nitrogens with zero attached hydrogens (tertiary/aromatic N) is 5. The van der Waals surface area contributed by atoms with Gasteiger partial charge in [0.25, 0.3) is 0 Å². The SMILES string of the molecule is COc1ccc2nc(-c3ccc4c(c3)OCCO4)n(-c3ccnc(NC4CCCN(C(=O)C5CC5)C4)n3)c2c1. The maximum Gasteiger partial charge on any atom is 0.225 e. The van der Waals surface area contributed by atoms with E-state index in [1.807, 2.05) is 51.9 Å². The number of carbonyl (C=O) groups excluding carboxylic acids is 1. The van der Waals surface area contributed by atoms with E-state index >= 15 is 0 Å². The highest BCUT2D eigenvalue weighted by molar-refractivity contribution is 5.84. The number of anilines is 1. The lowest BCUT2D eigenvalue weighted by Gasteiger charge is -2.33. The lowest BCUT2D eigenvalue weighted by Crippen LogP contribution is -2.45. The molecule has 200 valence electrons. The van der Waals surface area contributed by atoms with Crippen LogP contribution in [0.25, 0.3) is 28.2 Å². The topological polar surface area (TPSA) is 104 Å². The molecule has 4 heterocycles. The molecule has 2 aromatic heterocycles. The lowest BCUT2D eigenvalue weighted by atomic mass is 10.1. The molecule has 3 aliphatic rings. The van der Waals surface area contributed by atoms with Gasteiger partial charge in [-0.15, -0.1) is 0 Å². The molecule has 2 fully saturated rings. The molecule has 7 rings (SSSR count). The summed E-state index contributed by atoms with van der Waals surface area (Å²) in [5, 5.41) is 3.49. The highest BCUT2D eigenvalue weighted by Crippen LogP contribution is 2.37. The van der Waals surface area contributed by atoms with Crippen LogP contribution in [0.4, 0.5) is 5.95 Å². The first-order chi connectivity index (χ1) is 19.2. The zero-order chi connectivity index (χ0) is 26.3. The summed E-state index contributed by atoms with van der Waals surface area (Å²) >= 11 is 0. The Balaban J connectivity index is 1.25. The molecule has 1 unspecified atom stereocenters. The Labute approximate surface area is 225 Å². The van der Waals surface area contributed by atoms with Crippen molar-refractivity contribution in [2.45, 2.75) is 31.7 Å². The van der Waals surface area contributed by atoms with Crippen molar-refractivity contribution in [2.24, 2.45) is 5.92 Å². The number of amides is 1. The Morgan fingerprint density at radius 1 is 1.03 bits per heavy atom. The number of fused-ring (bicyclic) bond motifs is 2. The van der Waals surface area contributed by atoms with Crippen LogP contribution in [-0.4, -0.2) is 69.8 Å². The first-order valence-corrected chi connectivity index (χ1v) is 13.5. The zero-order valence-electron chi connectivity index (χ0n) is 21.8. The minimum absolute atomic E-state index is 0.105. The number of rotatable bonds is 6. The van der Waals surface area contributed by atoms with Crippen LogP contribution in [0.1, 0.15) is 25.7 Å². The Hall–Kier alpha value is -4.34. The second-order valence-corrected chi connectivity index (χ2v) is 10.3. The van der Waals surface area contributed by atoms with E-state index in [0.717, 1.165) is 66.1 Å². The number of ether oxygens (including phenoxy) is 3. The molecule has 4 aromatic rings. The second kappa shape index (κ2) is 9.76. The van der Waals surface area contributed by atoms with Crippen LogP contribution in [0, 0.1) is 5.92 Å². The molecule has 10 nitrogen and oxygen atoms in total. The summed E-state index contributed by atoms with van der Waals surface area (Å²) in [4.78, 5) is 29.0. The first kappa shape index (κ1) is 23.8. The van der Waals surface area contributed by atoms with Crippen molar-refractivity contribution < 1.29 is 19.0 Å². The third-order valence-electron chi connectivity index (χ3n) is 7.52. The molecule has 0 radical (unpaired) electrons. The monoisotopic (exact) mass is 526 g/mol. The summed E-state index contributed by atoms with van der Waals surface area (Å²) in [6.45, 7) is 2.55. The Morgan fingerprint density at radius 3 is 2.74 bits per heavy atom. The van der Waals surface area contributed by atoms with Gasteiger partial charge >= 0.3 is 0 Å². The van der Waals surface area contributed by atoms with Gasteiger partial charge in [-0.2, -0.15) is 4.98 Å². The largest absolute Gasteiger partial charge is 0.497 e. The molecule has 0 bridgehead atoms. The lowest BCUT2D eigenvalue weighted by molar-refractivity contribution is -0.133. The fraction of sp³-hybridized carbons (Fsp3) is 0.379. The summed E-state index contributed by atoms with van der Waals surface area (Å²) in [5.74, 6) is 4.59. The summed E-state index contributed by atoms with van der Waals surface area (Å²) in [5.41, 5.74) is 2.56. The van der Waals surface area contributed by atoms with Crippen LogP contribution < -0.4 is 19.5 Å². The van der Waals surface area contributed by atoms with Crippen LogP contribution in [0.3, 0.4) is 0 Å². The van der Waals surface area contributed by atoms with E-state index in [2.05, 4.69) is 10.3 Å². The van der Waals surface area contributed by atoms with Crippen LogP contribution in [0.2, 0.25) is 0 Å². The number of likely N-dealkylation sites (tertiary alicyclic amines) is 1. The maximum absolute atomic E-state index is 12.6. The van der Waals surface area contributed by atoms with Gasteiger partial charge in [0, 0.05) is 42.9 Å². The fourth-order valence-electron chi connectivity index (χ4n) is 5.40. The third-order valence-corrected chi connectivity index (χ3v) is 7.52. The summed E-state index contributed by atoms with van der Waals surface area (Å²) in [6, 6.07) is 13.6. The van der Waals surface area contributed by atoms with Crippen molar-refractivity contribution in [1.29, 1.82) is 0 Å². The van der Waals surface area contributed by atoms with E-state index in [0.29, 0.717) is 43.2 Å². The summed E-state index contributed by atoms with van der Waals surface area (Å²) in [6.07, 6.45) is 5.73. The standard InChI is InChI=1S/C29H30N6O4/c1-37-21-7-8-22-23(16-21)35(27(32-22)19-6-9-24-25(15-19)39-14-13-38-24)26-10-11-30-29(33-26)31-20-3-2-12-34(17-20)28(36)18-4-5-18/h6-11,15-16,18,20H,2-5,12-14,17H2,1H3,(H,30,31,33). The number of methoxy groups -OCH3 is 1. The molecule has 1 aliphatic carbocycles. The van der Waals surface area contributed by atoms with Gasteiger partial charge in [0.1, 0.15) is 30.6 Å². The van der Waals surface area contributed by atoms with E-state index in [4.69, 9.17) is 24.2 Å². The van der Waals surface area contributed by atoms with Crippen molar-refractivity contribution >= 4 is 22.9 Å². The molecule has 1 atom stereocenters. The molecule has 1 saturated carbocycles. The fourth-order valence-corrected chi connectivity index (χ4v) is 5.40. The maximum atomic E-state index is 12.6. The molecular formula is C29H30N6O4. The van der Waals surface area contributed by atoms with Crippen molar-refractivity contribution in [1.82, 2.24) is 24.4 Å². The normalized spacial score (nSPS) is 18.7. The van der Waals surface area contributed by atoms with Gasteiger partial charge in [-0.1, -0.05) is 0 Å². The van der Waals surface area contributed by atoms with E-state index in [1.165, 1.54) is 0 Å². The number of aromatic nitrogens is 4. The average Bonchev–Trinajstić information content (AvgIpc) is 3.76. The second-order valence-electron chi connectivity index (χ2n) is 10.3. The highest BCUT2D eigenvalue weighted by Gasteiger charge is 2.35. The molecule has 1 amide bonds. The van der Waals surface area contributed by atoms with Crippen LogP contribution in [0.15, 0.2) is 48.7 Å². The third kappa shape index (κ3) is 4.60. The van der Waals surface area contributed by atoms with Crippen LogP contribution in [0.5, 0.6) is 17.2 Å².